The third kappa shape index (κ3) is 6.17. The molecule has 6 aliphatic rings. The van der Waals surface area contributed by atoms with Crippen molar-refractivity contribution in [3.63, 3.8) is 0 Å². The van der Waals surface area contributed by atoms with Gasteiger partial charge in [0.05, 0.1) is 41.9 Å². The van der Waals surface area contributed by atoms with Gasteiger partial charge in [-0.05, 0) is 57.1 Å². The Bertz CT molecular complexity index is 1970. The molecule has 14 heteroatoms. The Morgan fingerprint density at radius 3 is 2.56 bits per heavy atom. The minimum absolute atomic E-state index is 0.0184. The van der Waals surface area contributed by atoms with Crippen molar-refractivity contribution < 1.29 is 19.7 Å². The summed E-state index contributed by atoms with van der Waals surface area (Å²) in [6, 6.07) is 8.72. The van der Waals surface area contributed by atoms with Gasteiger partial charge in [0.25, 0.3) is 5.91 Å². The Morgan fingerprint density at radius 2 is 1.81 bits per heavy atom. The SMILES string of the molecule is CCC1c2c(cnn2C2CN(CCn3ccc(C(=O)N4CCCC4)n3)C2)-c2cccc(NC3=C(C(=O)NC4CC4)[NH2+]C(NC(=O)C4CC4)=C3)c2N1C. The fourth-order valence-corrected chi connectivity index (χ4v) is 8.15. The number of para-hydroxylation sites is 1. The van der Waals surface area contributed by atoms with Gasteiger partial charge in [0.2, 0.25) is 17.4 Å². The summed E-state index contributed by atoms with van der Waals surface area (Å²) in [4.78, 5) is 45.4. The number of likely N-dealkylation sites (tertiary alicyclic amines) is 2. The second-order valence-electron chi connectivity index (χ2n) is 15.2. The Labute approximate surface area is 303 Å². The zero-order valence-electron chi connectivity index (χ0n) is 30.0. The molecule has 4 fully saturated rings. The molecule has 0 radical (unpaired) electrons. The largest absolute Gasteiger partial charge is 0.364 e. The lowest BCUT2D eigenvalue weighted by Gasteiger charge is -2.43. The molecule has 272 valence electrons. The molecule has 2 aromatic heterocycles. The highest BCUT2D eigenvalue weighted by Gasteiger charge is 2.39. The molecule has 1 unspecified atom stereocenters. The number of benzene rings is 1. The standard InChI is InChI=1S/C38H47N11O3/c1-3-31-35-27(20-39-49(35)25-21-46(22-25)17-18-48-16-13-29(44-48)38(52)47-14-4-5-15-47)26-7-6-8-28(34(26)45(31)2)41-30-19-32(43-36(50)23-9-10-23)42-33(30)37(51)40-24-11-12-24/h6-8,13,16,19-20,23-25,31,41-42H,3-5,9-12,14-15,17-18,21-22H2,1-2H3,(H,40,51)(H,43,50)/p+1. The van der Waals surface area contributed by atoms with Crippen molar-refractivity contribution in [2.75, 3.05) is 50.0 Å². The van der Waals surface area contributed by atoms with Gasteiger partial charge in [0, 0.05) is 75.1 Å². The molecular weight excluding hydrogens is 658 g/mol. The van der Waals surface area contributed by atoms with Crippen molar-refractivity contribution in [2.24, 2.45) is 5.92 Å². The molecule has 2 saturated heterocycles. The summed E-state index contributed by atoms with van der Waals surface area (Å²) in [6.45, 7) is 7.29. The number of hydrogen-bond acceptors (Lipinski definition) is 8. The van der Waals surface area contributed by atoms with Crippen molar-refractivity contribution in [3.05, 3.63) is 71.3 Å². The van der Waals surface area contributed by atoms with Crippen LogP contribution in [0, 0.1) is 5.92 Å². The number of hydrogen-bond donors (Lipinski definition) is 4. The molecule has 0 spiro atoms. The molecule has 52 heavy (non-hydrogen) atoms. The highest BCUT2D eigenvalue weighted by molar-refractivity contribution is 5.96. The van der Waals surface area contributed by atoms with Gasteiger partial charge in [-0.3, -0.25) is 39.3 Å². The van der Waals surface area contributed by atoms with Crippen LogP contribution in [0.25, 0.3) is 11.1 Å². The fourth-order valence-electron chi connectivity index (χ4n) is 8.15. The number of amides is 3. The van der Waals surface area contributed by atoms with E-state index in [1.165, 1.54) is 5.69 Å². The lowest BCUT2D eigenvalue weighted by atomic mass is 9.91. The van der Waals surface area contributed by atoms with E-state index in [1.54, 1.807) is 5.32 Å². The average molecular weight is 707 g/mol. The van der Waals surface area contributed by atoms with Gasteiger partial charge in [-0.25, -0.2) is 0 Å². The minimum Gasteiger partial charge on any atom is -0.364 e. The smallest absolute Gasteiger partial charge is 0.308 e. The first-order chi connectivity index (χ1) is 25.3. The van der Waals surface area contributed by atoms with E-state index in [9.17, 15) is 14.4 Å². The molecule has 1 atom stereocenters. The lowest BCUT2D eigenvalue weighted by Crippen LogP contribution is -2.83. The molecule has 1 aromatic carbocycles. The Hall–Kier alpha value is -4.95. The van der Waals surface area contributed by atoms with E-state index >= 15 is 0 Å². The molecule has 3 amide bonds. The first kappa shape index (κ1) is 32.9. The lowest BCUT2D eigenvalue weighted by molar-refractivity contribution is -0.549. The highest BCUT2D eigenvalue weighted by Crippen LogP contribution is 2.49. The number of allylic oxidation sites excluding steroid dienone is 1. The average Bonchev–Trinajstić information content (AvgIpc) is 3.88. The van der Waals surface area contributed by atoms with E-state index in [4.69, 9.17) is 5.10 Å². The van der Waals surface area contributed by atoms with Crippen LogP contribution in [-0.4, -0.2) is 92.9 Å². The van der Waals surface area contributed by atoms with E-state index in [0.717, 1.165) is 107 Å². The van der Waals surface area contributed by atoms with Crippen LogP contribution < -0.4 is 26.2 Å². The Morgan fingerprint density at radius 1 is 1.00 bits per heavy atom. The van der Waals surface area contributed by atoms with Gasteiger partial charge in [0.1, 0.15) is 11.4 Å². The van der Waals surface area contributed by atoms with Gasteiger partial charge in [-0.2, -0.15) is 10.2 Å². The second-order valence-corrected chi connectivity index (χ2v) is 15.2. The van der Waals surface area contributed by atoms with Gasteiger partial charge < -0.3 is 20.4 Å². The van der Waals surface area contributed by atoms with Crippen LogP contribution in [0.3, 0.4) is 0 Å². The van der Waals surface area contributed by atoms with Gasteiger partial charge in [0.15, 0.2) is 0 Å². The number of aromatic nitrogens is 4. The molecule has 4 aliphatic heterocycles. The van der Waals surface area contributed by atoms with E-state index < -0.39 is 0 Å². The fraction of sp³-hybridized carbons (Fsp3) is 0.500. The number of carbonyl (C=O) groups is 3. The first-order valence-corrected chi connectivity index (χ1v) is 19.0. The van der Waals surface area contributed by atoms with Crippen molar-refractivity contribution in [1.29, 1.82) is 0 Å². The number of quaternary nitrogens is 1. The molecule has 5 N–H and O–H groups in total. The number of rotatable bonds is 12. The maximum atomic E-state index is 13.4. The number of nitrogens with one attached hydrogen (secondary N) is 3. The molecular formula is C38H48N11O3+. The minimum atomic E-state index is -0.124. The molecule has 9 rings (SSSR count). The normalized spacial score (nSPS) is 21.5. The van der Waals surface area contributed by atoms with Crippen LogP contribution in [0.1, 0.15) is 80.1 Å². The summed E-state index contributed by atoms with van der Waals surface area (Å²) < 4.78 is 4.13. The van der Waals surface area contributed by atoms with Crippen molar-refractivity contribution in [2.45, 2.75) is 76.5 Å². The van der Waals surface area contributed by atoms with Crippen molar-refractivity contribution in [1.82, 2.24) is 40.0 Å². The highest BCUT2D eigenvalue weighted by atomic mass is 16.2. The topological polar surface area (TPSA) is 149 Å². The third-order valence-electron chi connectivity index (χ3n) is 11.4. The summed E-state index contributed by atoms with van der Waals surface area (Å²) in [6.07, 6.45) is 12.7. The number of anilines is 2. The van der Waals surface area contributed by atoms with Crippen LogP contribution in [0.15, 0.2) is 60.0 Å². The van der Waals surface area contributed by atoms with E-state index in [-0.39, 0.29) is 41.8 Å². The third-order valence-corrected chi connectivity index (χ3v) is 11.4. The number of fused-ring (bicyclic) bond motifs is 3. The maximum absolute atomic E-state index is 13.4. The van der Waals surface area contributed by atoms with Crippen LogP contribution in [-0.2, 0) is 16.1 Å². The van der Waals surface area contributed by atoms with E-state index in [2.05, 4.69) is 67.7 Å². The Kier molecular flexibility index (Phi) is 8.38. The predicted octanol–water partition coefficient (Wildman–Crippen LogP) is 2.29. The number of nitrogens with zero attached hydrogens (tertiary/aromatic N) is 7. The molecule has 0 bridgehead atoms. The molecule has 14 nitrogen and oxygen atoms in total. The maximum Gasteiger partial charge on any atom is 0.308 e. The Balaban J connectivity index is 0.912. The summed E-state index contributed by atoms with van der Waals surface area (Å²) in [7, 11) is 2.14. The summed E-state index contributed by atoms with van der Waals surface area (Å²) in [5.74, 6) is 0.650. The predicted molar refractivity (Wildman–Crippen MR) is 195 cm³/mol. The number of nitrogens with two attached hydrogens (primary N) is 1. The summed E-state index contributed by atoms with van der Waals surface area (Å²) in [5, 5.41) is 21.1. The summed E-state index contributed by atoms with van der Waals surface area (Å²) in [5.41, 5.74) is 7.20. The van der Waals surface area contributed by atoms with Crippen LogP contribution in [0.5, 0.6) is 0 Å². The van der Waals surface area contributed by atoms with Gasteiger partial charge >= 0.3 is 5.91 Å². The molecule has 2 aliphatic carbocycles. The number of carbonyl (C=O) groups excluding carboxylic acids is 3. The summed E-state index contributed by atoms with van der Waals surface area (Å²) >= 11 is 0. The van der Waals surface area contributed by atoms with Crippen LogP contribution >= 0.6 is 0 Å². The first-order valence-electron chi connectivity index (χ1n) is 19.0. The zero-order chi connectivity index (χ0) is 35.5. The molecule has 6 heterocycles. The molecule has 2 saturated carbocycles. The second kappa shape index (κ2) is 13.2. The van der Waals surface area contributed by atoms with Crippen molar-refractivity contribution >= 4 is 29.1 Å². The van der Waals surface area contributed by atoms with E-state index in [1.807, 2.05) is 34.1 Å². The molecule has 3 aromatic rings. The van der Waals surface area contributed by atoms with Crippen LogP contribution in [0.4, 0.5) is 11.4 Å². The van der Waals surface area contributed by atoms with Gasteiger partial charge in [-0.15, -0.1) is 0 Å². The zero-order valence-corrected chi connectivity index (χ0v) is 30.0. The van der Waals surface area contributed by atoms with Crippen molar-refractivity contribution in [3.8, 4) is 11.1 Å². The van der Waals surface area contributed by atoms with E-state index in [0.29, 0.717) is 22.9 Å². The van der Waals surface area contributed by atoms with Crippen LogP contribution in [0.2, 0.25) is 0 Å². The van der Waals surface area contributed by atoms with Gasteiger partial charge in [-0.1, -0.05) is 19.1 Å². The monoisotopic (exact) mass is 706 g/mol. The quantitative estimate of drug-likeness (QED) is 0.224.